The molecule has 0 aromatic heterocycles. The molecule has 6 aromatic rings. The summed E-state index contributed by atoms with van der Waals surface area (Å²) in [6, 6.07) is 44.4. The maximum absolute atomic E-state index is 12.6. The van der Waals surface area contributed by atoms with Gasteiger partial charge in [0, 0.05) is 0 Å². The monoisotopic (exact) mass is 492 g/mol. The number of hydrogen-bond acceptors (Lipinski definition) is 2. The van der Waals surface area contributed by atoms with Crippen LogP contribution in [-0.4, -0.2) is 12.1 Å². The van der Waals surface area contributed by atoms with Crippen LogP contribution in [0.5, 0.6) is 0 Å². The van der Waals surface area contributed by atoms with E-state index in [0.29, 0.717) is 5.56 Å². The van der Waals surface area contributed by atoms with Crippen LogP contribution < -0.4 is 0 Å². The number of carbonyl (C=O) groups is 1. The summed E-state index contributed by atoms with van der Waals surface area (Å²) in [5, 5.41) is 4.77. The van der Waals surface area contributed by atoms with Crippen LogP contribution >= 0.6 is 0 Å². The molecule has 0 atom stereocenters. The fourth-order valence-electron chi connectivity index (χ4n) is 5.20. The van der Waals surface area contributed by atoms with Crippen LogP contribution in [0.2, 0.25) is 0 Å². The van der Waals surface area contributed by atoms with Crippen LogP contribution in [0.4, 0.5) is 0 Å². The molecule has 0 fully saturated rings. The summed E-state index contributed by atoms with van der Waals surface area (Å²) in [6.07, 6.45) is -0.161. The normalized spacial score (nSPS) is 11.2. The topological polar surface area (TPSA) is 26.3 Å². The van der Waals surface area contributed by atoms with Crippen molar-refractivity contribution < 1.29 is 9.53 Å². The Bertz CT molecular complexity index is 1750. The smallest absolute Gasteiger partial charge is 0.338 e. The van der Waals surface area contributed by atoms with Gasteiger partial charge in [0.1, 0.15) is 0 Å². The predicted octanol–water partition coefficient (Wildman–Crippen LogP) is 9.56. The Morgan fingerprint density at radius 2 is 1.11 bits per heavy atom. The lowest BCUT2D eigenvalue weighted by Gasteiger charge is -2.20. The Hall–Kier alpha value is -4.69. The van der Waals surface area contributed by atoms with E-state index in [2.05, 4.69) is 103 Å². The molecule has 0 radical (unpaired) electrons. The summed E-state index contributed by atoms with van der Waals surface area (Å²) in [5.41, 5.74) is 7.44. The Labute approximate surface area is 223 Å². The van der Waals surface area contributed by atoms with E-state index in [4.69, 9.17) is 4.74 Å². The van der Waals surface area contributed by atoms with Gasteiger partial charge in [-0.15, -0.1) is 0 Å². The van der Waals surface area contributed by atoms with Crippen LogP contribution in [0.25, 0.3) is 54.9 Å². The zero-order valence-electron chi connectivity index (χ0n) is 21.5. The van der Waals surface area contributed by atoms with Gasteiger partial charge in [0.2, 0.25) is 0 Å². The number of benzene rings is 6. The highest BCUT2D eigenvalue weighted by Gasteiger charge is 2.19. The van der Waals surface area contributed by atoms with E-state index < -0.39 is 0 Å². The second-order valence-electron chi connectivity index (χ2n) is 9.86. The number of esters is 1. The first-order valence-electron chi connectivity index (χ1n) is 13.0. The molecule has 0 unspecified atom stereocenters. The molecule has 0 bridgehead atoms. The number of hydrogen-bond donors (Lipinski definition) is 0. The Kier molecular flexibility index (Phi) is 6.23. The summed E-state index contributed by atoms with van der Waals surface area (Å²) >= 11 is 0. The molecule has 6 aromatic carbocycles. The van der Waals surface area contributed by atoms with Crippen molar-refractivity contribution in [2.45, 2.75) is 20.0 Å². The molecule has 0 aliphatic rings. The van der Waals surface area contributed by atoms with Crippen molar-refractivity contribution in [1.82, 2.24) is 0 Å². The van der Waals surface area contributed by atoms with Crippen LogP contribution in [0.1, 0.15) is 24.2 Å². The third-order valence-corrected chi connectivity index (χ3v) is 6.91. The van der Waals surface area contributed by atoms with E-state index in [1.54, 1.807) is 0 Å². The molecule has 184 valence electrons. The summed E-state index contributed by atoms with van der Waals surface area (Å²) in [4.78, 5) is 12.6. The van der Waals surface area contributed by atoms with E-state index in [9.17, 15) is 4.79 Å². The summed E-state index contributed by atoms with van der Waals surface area (Å²) in [7, 11) is 0. The van der Waals surface area contributed by atoms with Crippen molar-refractivity contribution >= 4 is 27.5 Å². The summed E-state index contributed by atoms with van der Waals surface area (Å²) in [5.74, 6) is -0.302. The van der Waals surface area contributed by atoms with Gasteiger partial charge in [-0.05, 0) is 99.1 Å². The molecule has 0 aliphatic carbocycles. The molecular weight excluding hydrogens is 464 g/mol. The van der Waals surface area contributed by atoms with Gasteiger partial charge >= 0.3 is 5.97 Å². The lowest BCUT2D eigenvalue weighted by molar-refractivity contribution is 0.0378. The molecular formula is C36H28O2. The van der Waals surface area contributed by atoms with Gasteiger partial charge in [0.05, 0.1) is 11.7 Å². The predicted molar refractivity (Wildman–Crippen MR) is 158 cm³/mol. The SMILES string of the molecule is CC(C)OC(=O)c1ccc(-c2c(-c3ccccc3)c(-c3ccccc3)cc3cc4ccccc4cc23)cc1. The number of ether oxygens (including phenoxy) is 1. The molecule has 2 nitrogen and oxygen atoms in total. The van der Waals surface area contributed by atoms with E-state index in [0.717, 1.165) is 16.7 Å². The fraction of sp³-hybridized carbons (Fsp3) is 0.0833. The average molecular weight is 493 g/mol. The molecule has 0 spiro atoms. The van der Waals surface area contributed by atoms with Crippen molar-refractivity contribution in [1.29, 1.82) is 0 Å². The molecule has 0 saturated heterocycles. The summed E-state index contributed by atoms with van der Waals surface area (Å²) < 4.78 is 5.43. The largest absolute Gasteiger partial charge is 0.459 e. The van der Waals surface area contributed by atoms with Gasteiger partial charge in [-0.1, -0.05) is 97.1 Å². The van der Waals surface area contributed by atoms with Crippen molar-refractivity contribution in [3.05, 3.63) is 133 Å². The highest BCUT2D eigenvalue weighted by Crippen LogP contribution is 2.45. The lowest BCUT2D eigenvalue weighted by Crippen LogP contribution is -2.11. The molecule has 6 rings (SSSR count). The average Bonchev–Trinajstić information content (AvgIpc) is 2.96. The third kappa shape index (κ3) is 4.46. The molecule has 0 amide bonds. The van der Waals surface area contributed by atoms with E-state index >= 15 is 0 Å². The first kappa shape index (κ1) is 23.7. The number of carbonyl (C=O) groups excluding carboxylic acids is 1. The first-order chi connectivity index (χ1) is 18.6. The molecule has 0 saturated carbocycles. The van der Waals surface area contributed by atoms with E-state index in [-0.39, 0.29) is 12.1 Å². The highest BCUT2D eigenvalue weighted by atomic mass is 16.5. The van der Waals surface area contributed by atoms with Gasteiger partial charge < -0.3 is 4.74 Å². The second kappa shape index (κ2) is 9.99. The zero-order valence-corrected chi connectivity index (χ0v) is 21.5. The molecule has 0 heterocycles. The standard InChI is InChI=1S/C36H28O2/c1-24(2)38-36(37)28-19-17-27(18-20-28)35-33-22-30-16-10-9-15-29(30)21-31(33)23-32(25-11-5-3-6-12-25)34(35)26-13-7-4-8-14-26/h3-24H,1-2H3. The Morgan fingerprint density at radius 1 is 0.553 bits per heavy atom. The zero-order chi connectivity index (χ0) is 26.1. The first-order valence-corrected chi connectivity index (χ1v) is 13.0. The van der Waals surface area contributed by atoms with Crippen LogP contribution in [0.15, 0.2) is 127 Å². The van der Waals surface area contributed by atoms with Crippen LogP contribution in [-0.2, 0) is 4.74 Å². The molecule has 0 N–H and O–H groups in total. The van der Waals surface area contributed by atoms with Crippen molar-refractivity contribution in [2.75, 3.05) is 0 Å². The minimum absolute atomic E-state index is 0.161. The minimum Gasteiger partial charge on any atom is -0.459 e. The molecule has 2 heteroatoms. The minimum atomic E-state index is -0.302. The highest BCUT2D eigenvalue weighted by molar-refractivity contribution is 6.13. The van der Waals surface area contributed by atoms with Crippen LogP contribution in [0, 0.1) is 0 Å². The number of fused-ring (bicyclic) bond motifs is 2. The van der Waals surface area contributed by atoms with Gasteiger partial charge in [-0.2, -0.15) is 0 Å². The van der Waals surface area contributed by atoms with Crippen LogP contribution in [0.3, 0.4) is 0 Å². The summed E-state index contributed by atoms with van der Waals surface area (Å²) in [6.45, 7) is 3.73. The van der Waals surface area contributed by atoms with Gasteiger partial charge in [-0.3, -0.25) is 0 Å². The van der Waals surface area contributed by atoms with E-state index in [1.165, 1.54) is 38.2 Å². The van der Waals surface area contributed by atoms with Gasteiger partial charge in [-0.25, -0.2) is 4.79 Å². The third-order valence-electron chi connectivity index (χ3n) is 6.91. The van der Waals surface area contributed by atoms with E-state index in [1.807, 2.05) is 38.1 Å². The van der Waals surface area contributed by atoms with Crippen molar-refractivity contribution in [3.8, 4) is 33.4 Å². The van der Waals surface area contributed by atoms with Crippen molar-refractivity contribution in [2.24, 2.45) is 0 Å². The number of rotatable bonds is 5. The maximum atomic E-state index is 12.6. The van der Waals surface area contributed by atoms with Gasteiger partial charge in [0.25, 0.3) is 0 Å². The van der Waals surface area contributed by atoms with Gasteiger partial charge in [0.15, 0.2) is 0 Å². The molecule has 38 heavy (non-hydrogen) atoms. The Balaban J connectivity index is 1.69. The lowest BCUT2D eigenvalue weighted by atomic mass is 9.83. The Morgan fingerprint density at radius 3 is 1.74 bits per heavy atom. The van der Waals surface area contributed by atoms with Crippen molar-refractivity contribution in [3.63, 3.8) is 0 Å². The second-order valence-corrected chi connectivity index (χ2v) is 9.86. The fourth-order valence-corrected chi connectivity index (χ4v) is 5.20. The molecule has 0 aliphatic heterocycles. The quantitative estimate of drug-likeness (QED) is 0.177. The maximum Gasteiger partial charge on any atom is 0.338 e.